The first-order chi connectivity index (χ1) is 13.2. The third-order valence-electron chi connectivity index (χ3n) is 4.44. The van der Waals surface area contributed by atoms with Crippen molar-refractivity contribution in [2.24, 2.45) is 0 Å². The molecule has 27 heavy (non-hydrogen) atoms. The Bertz CT molecular complexity index is 872. The van der Waals surface area contributed by atoms with Gasteiger partial charge in [-0.2, -0.15) is 0 Å². The number of nitrogens with zero attached hydrogens (tertiary/aromatic N) is 3. The molecular formula is C24H25N3. The SMILES string of the molecule is C#C.C/C=C\C(=C/C)C1=CC(c2ccncc2)=CC(c2ccncc2)N1C. The molecule has 0 bridgehead atoms. The number of allylic oxidation sites excluding steroid dienone is 5. The van der Waals surface area contributed by atoms with Gasteiger partial charge in [-0.05, 0) is 72.5 Å². The van der Waals surface area contributed by atoms with Gasteiger partial charge >= 0.3 is 0 Å². The van der Waals surface area contributed by atoms with Crippen molar-refractivity contribution in [2.75, 3.05) is 7.05 Å². The average Bonchev–Trinajstić information content (AvgIpc) is 2.75. The number of likely N-dealkylation sites (N-methyl/N-ethyl adjacent to an activating group) is 1. The van der Waals surface area contributed by atoms with Gasteiger partial charge in [-0.3, -0.25) is 9.97 Å². The average molecular weight is 355 g/mol. The fourth-order valence-corrected chi connectivity index (χ4v) is 3.13. The lowest BCUT2D eigenvalue weighted by Crippen LogP contribution is -2.26. The molecule has 1 aliphatic heterocycles. The minimum absolute atomic E-state index is 0.159. The summed E-state index contributed by atoms with van der Waals surface area (Å²) in [6.45, 7) is 4.13. The minimum Gasteiger partial charge on any atom is -0.364 e. The molecule has 3 nitrogen and oxygen atoms in total. The third kappa shape index (κ3) is 4.62. The molecule has 1 atom stereocenters. The van der Waals surface area contributed by atoms with Gasteiger partial charge in [0.05, 0.1) is 6.04 Å². The van der Waals surface area contributed by atoms with Gasteiger partial charge in [-0.15, -0.1) is 12.8 Å². The van der Waals surface area contributed by atoms with Crippen molar-refractivity contribution in [1.29, 1.82) is 0 Å². The monoisotopic (exact) mass is 355 g/mol. The molecule has 2 aromatic rings. The van der Waals surface area contributed by atoms with Crippen molar-refractivity contribution >= 4 is 5.57 Å². The number of rotatable bonds is 4. The van der Waals surface area contributed by atoms with Gasteiger partial charge in [0.2, 0.25) is 0 Å². The second-order valence-electron chi connectivity index (χ2n) is 5.97. The fraction of sp³-hybridized carbons (Fsp3) is 0.167. The van der Waals surface area contributed by atoms with Crippen LogP contribution in [0.1, 0.15) is 31.0 Å². The summed E-state index contributed by atoms with van der Waals surface area (Å²) in [6, 6.07) is 8.43. The molecule has 3 rings (SSSR count). The van der Waals surface area contributed by atoms with Gasteiger partial charge in [-0.25, -0.2) is 0 Å². The number of terminal acetylenes is 1. The molecule has 0 radical (unpaired) electrons. The largest absolute Gasteiger partial charge is 0.364 e. The topological polar surface area (TPSA) is 29.0 Å². The van der Waals surface area contributed by atoms with Crippen LogP contribution >= 0.6 is 0 Å². The van der Waals surface area contributed by atoms with Crippen LogP contribution in [0.5, 0.6) is 0 Å². The number of hydrogen-bond acceptors (Lipinski definition) is 3. The Hall–Kier alpha value is -3.38. The van der Waals surface area contributed by atoms with Gasteiger partial charge < -0.3 is 4.90 Å². The molecule has 0 fully saturated rings. The standard InChI is InChI=1S/C22H23N3.C2H2/c1-4-6-17(5-2)21-15-20(18-7-11-23-12-8-18)16-22(25(21)3)19-9-13-24-14-10-19;1-2/h4-16,22H,1-3H3;1-2H/b6-4-,17-5+;. The minimum atomic E-state index is 0.159. The van der Waals surface area contributed by atoms with E-state index in [1.165, 1.54) is 28.0 Å². The summed E-state index contributed by atoms with van der Waals surface area (Å²) in [5.74, 6) is 0. The highest BCUT2D eigenvalue weighted by atomic mass is 15.1. The van der Waals surface area contributed by atoms with Crippen molar-refractivity contribution in [2.45, 2.75) is 19.9 Å². The predicted molar refractivity (Wildman–Crippen MR) is 113 cm³/mol. The van der Waals surface area contributed by atoms with Crippen LogP contribution in [0.4, 0.5) is 0 Å². The van der Waals surface area contributed by atoms with Crippen LogP contribution in [-0.4, -0.2) is 21.9 Å². The summed E-state index contributed by atoms with van der Waals surface area (Å²) in [5.41, 5.74) is 6.03. The van der Waals surface area contributed by atoms with Gasteiger partial charge in [0.15, 0.2) is 0 Å². The van der Waals surface area contributed by atoms with Crippen LogP contribution < -0.4 is 0 Å². The molecule has 1 aliphatic rings. The molecule has 2 aromatic heterocycles. The van der Waals surface area contributed by atoms with Crippen LogP contribution in [-0.2, 0) is 0 Å². The van der Waals surface area contributed by atoms with Crippen molar-refractivity contribution < 1.29 is 0 Å². The summed E-state index contributed by atoms with van der Waals surface area (Å²) >= 11 is 0. The van der Waals surface area contributed by atoms with Crippen molar-refractivity contribution in [1.82, 2.24) is 14.9 Å². The van der Waals surface area contributed by atoms with E-state index in [9.17, 15) is 0 Å². The molecule has 3 heteroatoms. The lowest BCUT2D eigenvalue weighted by Gasteiger charge is -2.35. The number of hydrogen-bond donors (Lipinski definition) is 0. The molecule has 0 spiro atoms. The summed E-state index contributed by atoms with van der Waals surface area (Å²) in [7, 11) is 2.14. The van der Waals surface area contributed by atoms with Crippen molar-refractivity contribution in [3.63, 3.8) is 0 Å². The quantitative estimate of drug-likeness (QED) is 0.557. The highest BCUT2D eigenvalue weighted by Gasteiger charge is 2.23. The van der Waals surface area contributed by atoms with E-state index in [1.807, 2.05) is 31.7 Å². The number of pyridine rings is 2. The van der Waals surface area contributed by atoms with Crippen LogP contribution in [0, 0.1) is 12.8 Å². The zero-order valence-corrected chi connectivity index (χ0v) is 16.1. The van der Waals surface area contributed by atoms with Crippen molar-refractivity contribution in [3.8, 4) is 12.8 Å². The first-order valence-corrected chi connectivity index (χ1v) is 8.84. The molecule has 0 N–H and O–H groups in total. The Balaban J connectivity index is 0.00000126. The highest BCUT2D eigenvalue weighted by Crippen LogP contribution is 2.36. The van der Waals surface area contributed by atoms with Crippen LogP contribution in [0.15, 0.2) is 90.7 Å². The summed E-state index contributed by atoms with van der Waals surface area (Å²) < 4.78 is 0. The second-order valence-corrected chi connectivity index (χ2v) is 5.97. The molecule has 0 saturated heterocycles. The van der Waals surface area contributed by atoms with Crippen molar-refractivity contribution in [3.05, 3.63) is 102 Å². The predicted octanol–water partition coefficient (Wildman–Crippen LogP) is 5.20. The molecule has 0 aliphatic carbocycles. The smallest absolute Gasteiger partial charge is 0.0733 e. The summed E-state index contributed by atoms with van der Waals surface area (Å²) in [4.78, 5) is 10.6. The van der Waals surface area contributed by atoms with E-state index < -0.39 is 0 Å². The maximum absolute atomic E-state index is 4.16. The van der Waals surface area contributed by atoms with Crippen LogP contribution in [0.3, 0.4) is 0 Å². The molecule has 3 heterocycles. The van der Waals surface area contributed by atoms with Crippen LogP contribution in [0.2, 0.25) is 0 Å². The van der Waals surface area contributed by atoms with E-state index in [2.05, 4.69) is 96.3 Å². The van der Waals surface area contributed by atoms with E-state index in [1.54, 1.807) is 0 Å². The molecule has 0 aromatic carbocycles. The maximum atomic E-state index is 4.16. The van der Waals surface area contributed by atoms with Gasteiger partial charge in [0.25, 0.3) is 0 Å². The first-order valence-electron chi connectivity index (χ1n) is 8.84. The lowest BCUT2D eigenvalue weighted by atomic mass is 9.92. The van der Waals surface area contributed by atoms with Gasteiger partial charge in [-0.1, -0.05) is 18.2 Å². The Morgan fingerprint density at radius 1 is 1.00 bits per heavy atom. The Morgan fingerprint density at radius 3 is 2.15 bits per heavy atom. The van der Waals surface area contributed by atoms with Gasteiger partial charge in [0, 0.05) is 37.5 Å². The van der Waals surface area contributed by atoms with E-state index >= 15 is 0 Å². The van der Waals surface area contributed by atoms with E-state index in [-0.39, 0.29) is 6.04 Å². The molecule has 0 amide bonds. The lowest BCUT2D eigenvalue weighted by molar-refractivity contribution is 0.364. The normalized spacial score (nSPS) is 17.0. The zero-order chi connectivity index (χ0) is 19.6. The fourth-order valence-electron chi connectivity index (χ4n) is 3.13. The third-order valence-corrected chi connectivity index (χ3v) is 4.44. The van der Waals surface area contributed by atoms with E-state index in [0.717, 1.165) is 0 Å². The molecule has 0 saturated carbocycles. The number of aromatic nitrogens is 2. The summed E-state index contributed by atoms with van der Waals surface area (Å²) in [5, 5.41) is 0. The Morgan fingerprint density at radius 2 is 1.59 bits per heavy atom. The summed E-state index contributed by atoms with van der Waals surface area (Å²) in [6.07, 6.45) is 26.3. The second kappa shape index (κ2) is 9.94. The molecular weight excluding hydrogens is 330 g/mol. The Labute approximate surface area is 162 Å². The highest BCUT2D eigenvalue weighted by molar-refractivity contribution is 5.77. The molecule has 136 valence electrons. The van der Waals surface area contributed by atoms with Crippen LogP contribution in [0.25, 0.3) is 5.57 Å². The Kier molecular flexibility index (Phi) is 7.34. The van der Waals surface area contributed by atoms with E-state index in [4.69, 9.17) is 0 Å². The molecule has 1 unspecified atom stereocenters. The first kappa shape index (κ1) is 19.9. The van der Waals surface area contributed by atoms with Gasteiger partial charge in [0.1, 0.15) is 0 Å². The van der Waals surface area contributed by atoms with E-state index in [0.29, 0.717) is 0 Å². The maximum Gasteiger partial charge on any atom is 0.0733 e. The zero-order valence-electron chi connectivity index (χ0n) is 16.1.